The molecule has 7 nitrogen and oxygen atoms in total. The highest BCUT2D eigenvalue weighted by Gasteiger charge is 2.44. The number of hydrogen-bond donors (Lipinski definition) is 1. The van der Waals surface area contributed by atoms with E-state index in [2.05, 4.69) is 5.10 Å². The molecule has 0 aliphatic carbocycles. The van der Waals surface area contributed by atoms with Crippen molar-refractivity contribution in [1.29, 1.82) is 0 Å². The molecule has 3 aromatic rings. The van der Waals surface area contributed by atoms with Crippen LogP contribution in [0, 0.1) is 5.82 Å². The molecule has 8 heteroatoms. The second kappa shape index (κ2) is 7.93. The fourth-order valence-corrected chi connectivity index (χ4v) is 4.14. The van der Waals surface area contributed by atoms with Gasteiger partial charge in [-0.05, 0) is 75.6 Å². The quantitative estimate of drug-likeness (QED) is 0.649. The Labute approximate surface area is 185 Å². The van der Waals surface area contributed by atoms with Gasteiger partial charge in [0.05, 0.1) is 22.8 Å². The van der Waals surface area contributed by atoms with Crippen LogP contribution in [0.1, 0.15) is 39.2 Å². The molecule has 4 rings (SSSR count). The molecule has 1 aromatic heterocycles. The Balaban J connectivity index is 1.61. The van der Waals surface area contributed by atoms with E-state index in [0.717, 1.165) is 10.9 Å². The molecule has 2 heterocycles. The highest BCUT2D eigenvalue weighted by atomic mass is 19.1. The van der Waals surface area contributed by atoms with E-state index in [1.54, 1.807) is 54.7 Å². The lowest BCUT2D eigenvalue weighted by molar-refractivity contribution is -0.146. The summed E-state index contributed by atoms with van der Waals surface area (Å²) in [6, 6.07) is 11.5. The van der Waals surface area contributed by atoms with Gasteiger partial charge < -0.3 is 14.7 Å². The standard InChI is InChI=1S/C24H26FN3O4/c1-23(2,3)32-22(31)27-12-10-24(11-13-27,21(29)30)17-4-9-20-16(14-17)15-26-28(20)19-7-5-18(25)6-8-19/h4-9,14-15H,10-13H2,1-3H3,(H,29,30). The predicted octanol–water partition coefficient (Wildman–Crippen LogP) is 4.52. The minimum Gasteiger partial charge on any atom is -0.481 e. The Bertz CT molecular complexity index is 1160. The van der Waals surface area contributed by atoms with Crippen molar-refractivity contribution < 1.29 is 23.8 Å². The van der Waals surface area contributed by atoms with Crippen LogP contribution in [-0.2, 0) is 14.9 Å². The van der Waals surface area contributed by atoms with Crippen LogP contribution in [0.3, 0.4) is 0 Å². The summed E-state index contributed by atoms with van der Waals surface area (Å²) in [6.45, 7) is 6.01. The van der Waals surface area contributed by atoms with Crippen molar-refractivity contribution in [2.75, 3.05) is 13.1 Å². The van der Waals surface area contributed by atoms with Crippen LogP contribution in [0.2, 0.25) is 0 Å². The third-order valence-corrected chi connectivity index (χ3v) is 5.87. The molecule has 1 N–H and O–H groups in total. The SMILES string of the molecule is CC(C)(C)OC(=O)N1CCC(C(=O)O)(c2ccc3c(cnn3-c3ccc(F)cc3)c2)CC1. The van der Waals surface area contributed by atoms with E-state index in [1.807, 2.05) is 12.1 Å². The van der Waals surface area contributed by atoms with Gasteiger partial charge in [-0.1, -0.05) is 6.07 Å². The van der Waals surface area contributed by atoms with E-state index < -0.39 is 23.1 Å². The maximum atomic E-state index is 13.3. The van der Waals surface area contributed by atoms with Gasteiger partial charge in [-0.15, -0.1) is 0 Å². The fourth-order valence-electron chi connectivity index (χ4n) is 4.14. The fraction of sp³-hybridized carbons (Fsp3) is 0.375. The van der Waals surface area contributed by atoms with Gasteiger partial charge >= 0.3 is 12.1 Å². The zero-order valence-corrected chi connectivity index (χ0v) is 18.3. The first-order valence-electron chi connectivity index (χ1n) is 10.5. The third-order valence-electron chi connectivity index (χ3n) is 5.87. The van der Waals surface area contributed by atoms with E-state index in [9.17, 15) is 19.1 Å². The number of hydrogen-bond acceptors (Lipinski definition) is 4. The van der Waals surface area contributed by atoms with Crippen LogP contribution in [0.25, 0.3) is 16.6 Å². The van der Waals surface area contributed by atoms with Crippen molar-refractivity contribution in [2.45, 2.75) is 44.6 Å². The number of carbonyl (C=O) groups is 2. The lowest BCUT2D eigenvalue weighted by Crippen LogP contribution is -2.50. The first kappa shape index (κ1) is 21.8. The Kier molecular flexibility index (Phi) is 5.40. The molecule has 0 bridgehead atoms. The summed E-state index contributed by atoms with van der Waals surface area (Å²) in [5.74, 6) is -1.24. The molecule has 1 aliphatic heterocycles. The molecule has 0 saturated carbocycles. The van der Waals surface area contributed by atoms with Crippen molar-refractivity contribution >= 4 is 23.0 Å². The summed E-state index contributed by atoms with van der Waals surface area (Å²) >= 11 is 0. The maximum absolute atomic E-state index is 13.3. The molecule has 1 amide bonds. The van der Waals surface area contributed by atoms with Crippen molar-refractivity contribution in [1.82, 2.24) is 14.7 Å². The first-order valence-corrected chi connectivity index (χ1v) is 10.5. The molecule has 1 aliphatic rings. The molecule has 0 unspecified atom stereocenters. The molecule has 0 atom stereocenters. The van der Waals surface area contributed by atoms with Crippen LogP contribution >= 0.6 is 0 Å². The van der Waals surface area contributed by atoms with E-state index >= 15 is 0 Å². The Morgan fingerprint density at radius 2 is 1.75 bits per heavy atom. The largest absolute Gasteiger partial charge is 0.481 e. The zero-order chi connectivity index (χ0) is 23.1. The topological polar surface area (TPSA) is 84.7 Å². The van der Waals surface area contributed by atoms with E-state index in [0.29, 0.717) is 37.2 Å². The number of nitrogens with zero attached hydrogens (tertiary/aromatic N) is 3. The van der Waals surface area contributed by atoms with Gasteiger partial charge in [0.15, 0.2) is 0 Å². The third kappa shape index (κ3) is 4.04. The second-order valence-corrected chi connectivity index (χ2v) is 9.16. The highest BCUT2D eigenvalue weighted by Crippen LogP contribution is 2.38. The van der Waals surface area contributed by atoms with Crippen LogP contribution in [-0.4, -0.2) is 50.5 Å². The van der Waals surface area contributed by atoms with Gasteiger partial charge in [0.1, 0.15) is 11.4 Å². The maximum Gasteiger partial charge on any atom is 0.410 e. The molecule has 32 heavy (non-hydrogen) atoms. The first-order chi connectivity index (χ1) is 15.1. The summed E-state index contributed by atoms with van der Waals surface area (Å²) in [7, 11) is 0. The molecular formula is C24H26FN3O4. The Morgan fingerprint density at radius 3 is 2.34 bits per heavy atom. The summed E-state index contributed by atoms with van der Waals surface area (Å²) in [5, 5.41) is 15.3. The number of ether oxygens (including phenoxy) is 1. The Morgan fingerprint density at radius 1 is 1.09 bits per heavy atom. The number of halogens is 1. The zero-order valence-electron chi connectivity index (χ0n) is 18.3. The molecular weight excluding hydrogens is 413 g/mol. The van der Waals surface area contributed by atoms with Gasteiger partial charge in [-0.2, -0.15) is 5.10 Å². The number of benzene rings is 2. The number of piperidine rings is 1. The van der Waals surface area contributed by atoms with E-state index in [-0.39, 0.29) is 5.82 Å². The van der Waals surface area contributed by atoms with Crippen LogP contribution < -0.4 is 0 Å². The number of aliphatic carboxylic acids is 1. The molecule has 0 spiro atoms. The molecule has 2 aromatic carbocycles. The summed E-state index contributed by atoms with van der Waals surface area (Å²) in [5.41, 5.74) is 0.499. The lowest BCUT2D eigenvalue weighted by Gasteiger charge is -2.39. The number of carbonyl (C=O) groups excluding carboxylic acids is 1. The van der Waals surface area contributed by atoms with Gasteiger partial charge in [-0.3, -0.25) is 4.79 Å². The Hall–Kier alpha value is -3.42. The average Bonchev–Trinajstić information content (AvgIpc) is 3.16. The molecule has 168 valence electrons. The van der Waals surface area contributed by atoms with Crippen molar-refractivity contribution in [3.63, 3.8) is 0 Å². The highest BCUT2D eigenvalue weighted by molar-refractivity contribution is 5.87. The molecule has 0 radical (unpaired) electrons. The summed E-state index contributed by atoms with van der Waals surface area (Å²) < 4.78 is 20.4. The number of amides is 1. The second-order valence-electron chi connectivity index (χ2n) is 9.16. The van der Waals surface area contributed by atoms with Crippen LogP contribution in [0.15, 0.2) is 48.7 Å². The minimum absolute atomic E-state index is 0.291. The van der Waals surface area contributed by atoms with Crippen LogP contribution in [0.5, 0.6) is 0 Å². The van der Waals surface area contributed by atoms with Crippen molar-refractivity contribution in [3.8, 4) is 5.69 Å². The average molecular weight is 439 g/mol. The number of carboxylic acids is 1. The van der Waals surface area contributed by atoms with Crippen molar-refractivity contribution in [2.24, 2.45) is 0 Å². The lowest BCUT2D eigenvalue weighted by atomic mass is 9.72. The number of likely N-dealkylation sites (tertiary alicyclic amines) is 1. The van der Waals surface area contributed by atoms with Gasteiger partial charge in [-0.25, -0.2) is 13.9 Å². The number of aromatic nitrogens is 2. The van der Waals surface area contributed by atoms with Gasteiger partial charge in [0, 0.05) is 18.5 Å². The number of carboxylic acid groups (broad SMARTS) is 1. The molecule has 1 saturated heterocycles. The monoisotopic (exact) mass is 439 g/mol. The van der Waals surface area contributed by atoms with E-state index in [4.69, 9.17) is 4.74 Å². The smallest absolute Gasteiger partial charge is 0.410 e. The predicted molar refractivity (Wildman–Crippen MR) is 117 cm³/mol. The normalized spacial score (nSPS) is 16.2. The summed E-state index contributed by atoms with van der Waals surface area (Å²) in [6.07, 6.45) is 1.83. The molecule has 1 fully saturated rings. The minimum atomic E-state index is -1.09. The number of rotatable bonds is 3. The van der Waals surface area contributed by atoms with E-state index in [1.165, 1.54) is 12.1 Å². The van der Waals surface area contributed by atoms with Gasteiger partial charge in [0.25, 0.3) is 0 Å². The van der Waals surface area contributed by atoms with Crippen molar-refractivity contribution in [3.05, 3.63) is 60.0 Å². The number of fused-ring (bicyclic) bond motifs is 1. The van der Waals surface area contributed by atoms with Crippen LogP contribution in [0.4, 0.5) is 9.18 Å². The van der Waals surface area contributed by atoms with Gasteiger partial charge in [0.2, 0.25) is 0 Å². The summed E-state index contributed by atoms with van der Waals surface area (Å²) in [4.78, 5) is 26.3.